The first kappa shape index (κ1) is 36.3. The fourth-order valence-electron chi connectivity index (χ4n) is 8.00. The number of ether oxygens (including phenoxy) is 2. The van der Waals surface area contributed by atoms with Gasteiger partial charge in [0.15, 0.2) is 18.0 Å². The van der Waals surface area contributed by atoms with Crippen LogP contribution in [0.4, 0.5) is 5.69 Å². The van der Waals surface area contributed by atoms with Crippen molar-refractivity contribution in [1.29, 1.82) is 0 Å². The molecule has 0 spiro atoms. The lowest BCUT2D eigenvalue weighted by molar-refractivity contribution is -0.180. The number of nitrogens with one attached hydrogen (secondary N) is 2. The van der Waals surface area contributed by atoms with E-state index in [1.807, 2.05) is 40.4 Å². The van der Waals surface area contributed by atoms with Crippen LogP contribution in [0.5, 0.6) is 11.5 Å². The maximum Gasteiger partial charge on any atom is 0.344 e. The van der Waals surface area contributed by atoms with Crippen LogP contribution in [0.25, 0.3) is 11.0 Å². The number of nitrogens with zero attached hydrogens (tertiary/aromatic N) is 4. The molecule has 278 valence electrons. The Morgan fingerprint density at radius 3 is 2.75 bits per heavy atom. The number of thiophene rings is 1. The van der Waals surface area contributed by atoms with E-state index in [1.165, 1.54) is 17.4 Å². The van der Waals surface area contributed by atoms with Gasteiger partial charge >= 0.3 is 5.97 Å². The first-order valence-electron chi connectivity index (χ1n) is 18.4. The van der Waals surface area contributed by atoms with Gasteiger partial charge < -0.3 is 40.3 Å². The predicted molar refractivity (Wildman–Crippen MR) is 196 cm³/mol. The number of phenolic OH excluding ortho intramolecular Hbond substituents is 1. The SMILES string of the molecule is CN(CCCn1nnc2cc(CNC[C@H](O)c3ccc(O)c4c3OCC(=O)N4)ccc21)C1CCC(OC(=O)C(O)(c2cccs2)C2CCCC2)CC1. The number of aromatic hydroxyl groups is 1. The van der Waals surface area contributed by atoms with Crippen molar-refractivity contribution in [1.82, 2.24) is 25.2 Å². The number of aryl methyl sites for hydroxylation is 1. The number of hydrogen-bond donors (Lipinski definition) is 5. The number of benzene rings is 2. The van der Waals surface area contributed by atoms with Crippen LogP contribution < -0.4 is 15.4 Å². The van der Waals surface area contributed by atoms with E-state index in [1.54, 1.807) is 6.07 Å². The molecule has 13 nitrogen and oxygen atoms in total. The van der Waals surface area contributed by atoms with Crippen LogP contribution in [-0.4, -0.2) is 86.0 Å². The summed E-state index contributed by atoms with van der Waals surface area (Å²) < 4.78 is 13.5. The van der Waals surface area contributed by atoms with Crippen LogP contribution in [0.1, 0.15) is 79.9 Å². The van der Waals surface area contributed by atoms with E-state index < -0.39 is 17.7 Å². The largest absolute Gasteiger partial charge is 0.506 e. The van der Waals surface area contributed by atoms with Crippen molar-refractivity contribution in [2.45, 2.75) is 94.7 Å². The van der Waals surface area contributed by atoms with E-state index in [-0.39, 0.29) is 48.3 Å². The Kier molecular flexibility index (Phi) is 11.1. The molecule has 3 heterocycles. The van der Waals surface area contributed by atoms with Gasteiger partial charge in [-0.05, 0) is 99.8 Å². The summed E-state index contributed by atoms with van der Waals surface area (Å²) >= 11 is 1.43. The summed E-state index contributed by atoms with van der Waals surface area (Å²) in [5.74, 6) is -0.746. The Morgan fingerprint density at radius 2 is 1.98 bits per heavy atom. The van der Waals surface area contributed by atoms with Crippen molar-refractivity contribution < 1.29 is 34.4 Å². The molecular formula is C38H48N6O7S. The van der Waals surface area contributed by atoms with Crippen molar-refractivity contribution in [2.75, 3.05) is 32.1 Å². The molecule has 2 saturated carbocycles. The molecule has 2 fully saturated rings. The maximum atomic E-state index is 13.5. The van der Waals surface area contributed by atoms with Crippen molar-refractivity contribution in [3.05, 3.63) is 63.8 Å². The van der Waals surface area contributed by atoms with Crippen LogP contribution in [0.15, 0.2) is 47.8 Å². The topological polar surface area (TPSA) is 171 Å². The summed E-state index contributed by atoms with van der Waals surface area (Å²) in [5.41, 5.74) is 1.88. The molecule has 1 unspecified atom stereocenters. The van der Waals surface area contributed by atoms with Crippen LogP contribution in [-0.2, 0) is 33.0 Å². The average molecular weight is 733 g/mol. The van der Waals surface area contributed by atoms with Gasteiger partial charge in [-0.2, -0.15) is 0 Å². The van der Waals surface area contributed by atoms with Crippen molar-refractivity contribution in [3.63, 3.8) is 0 Å². The fraction of sp³-hybridized carbons (Fsp3) is 0.526. The minimum atomic E-state index is -1.54. The number of esters is 1. The molecule has 0 bridgehead atoms. The molecule has 1 amide bonds. The van der Waals surface area contributed by atoms with Crippen LogP contribution >= 0.6 is 11.3 Å². The number of anilines is 1. The van der Waals surface area contributed by atoms with E-state index in [9.17, 15) is 24.9 Å². The molecule has 4 aromatic rings. The average Bonchev–Trinajstić information content (AvgIpc) is 3.96. The summed E-state index contributed by atoms with van der Waals surface area (Å²) in [7, 11) is 2.16. The molecule has 2 aromatic heterocycles. The number of hydrogen-bond acceptors (Lipinski definition) is 12. The Morgan fingerprint density at radius 1 is 1.17 bits per heavy atom. The monoisotopic (exact) mass is 732 g/mol. The number of aliphatic hydroxyl groups is 2. The lowest BCUT2D eigenvalue weighted by Gasteiger charge is -2.37. The molecule has 14 heteroatoms. The molecule has 2 atom stereocenters. The van der Waals surface area contributed by atoms with Gasteiger partial charge in [-0.1, -0.05) is 30.2 Å². The second-order valence-electron chi connectivity index (χ2n) is 14.4. The lowest BCUT2D eigenvalue weighted by atomic mass is 9.84. The zero-order valence-electron chi connectivity index (χ0n) is 29.5. The second kappa shape index (κ2) is 15.9. The normalized spacial score (nSPS) is 21.0. The Labute approximate surface area is 306 Å². The Hall–Kier alpha value is -4.08. The third-order valence-corrected chi connectivity index (χ3v) is 12.0. The number of phenols is 1. The number of amides is 1. The molecule has 52 heavy (non-hydrogen) atoms. The van der Waals surface area contributed by atoms with Gasteiger partial charge in [0.25, 0.3) is 5.91 Å². The first-order valence-corrected chi connectivity index (χ1v) is 19.3. The molecule has 0 saturated heterocycles. The highest BCUT2D eigenvalue weighted by molar-refractivity contribution is 7.10. The number of rotatable bonds is 14. The van der Waals surface area contributed by atoms with Crippen LogP contribution in [0.2, 0.25) is 0 Å². The van der Waals surface area contributed by atoms with Gasteiger partial charge in [0.2, 0.25) is 0 Å². The number of carbonyl (C=O) groups excluding carboxylic acids is 2. The van der Waals surface area contributed by atoms with Crippen molar-refractivity contribution in [3.8, 4) is 11.5 Å². The van der Waals surface area contributed by atoms with Gasteiger partial charge in [0.05, 0.1) is 11.6 Å². The highest BCUT2D eigenvalue weighted by Crippen LogP contribution is 2.44. The Bertz CT molecular complexity index is 1850. The van der Waals surface area contributed by atoms with E-state index in [0.29, 0.717) is 23.0 Å². The number of aromatic nitrogens is 3. The molecule has 7 rings (SSSR count). The number of aliphatic hydroxyl groups excluding tert-OH is 1. The van der Waals surface area contributed by atoms with Gasteiger partial charge in [-0.3, -0.25) is 4.79 Å². The fourth-order valence-corrected chi connectivity index (χ4v) is 8.89. The summed E-state index contributed by atoms with van der Waals surface area (Å²) in [5, 5.41) is 49.2. The van der Waals surface area contributed by atoms with Gasteiger partial charge in [-0.25, -0.2) is 9.48 Å². The number of fused-ring (bicyclic) bond motifs is 2. The van der Waals surface area contributed by atoms with E-state index in [4.69, 9.17) is 9.47 Å². The zero-order valence-corrected chi connectivity index (χ0v) is 30.3. The van der Waals surface area contributed by atoms with Gasteiger partial charge in [0.1, 0.15) is 23.1 Å². The molecular weight excluding hydrogens is 685 g/mol. The molecule has 2 aromatic carbocycles. The third kappa shape index (κ3) is 7.67. The van der Waals surface area contributed by atoms with Crippen molar-refractivity contribution >= 4 is 39.9 Å². The Balaban J connectivity index is 0.849. The summed E-state index contributed by atoms with van der Waals surface area (Å²) in [6.45, 7) is 2.20. The molecule has 1 aliphatic heterocycles. The molecule has 3 aliphatic rings. The zero-order chi connectivity index (χ0) is 36.2. The maximum absolute atomic E-state index is 13.5. The van der Waals surface area contributed by atoms with Gasteiger partial charge in [-0.15, -0.1) is 16.4 Å². The van der Waals surface area contributed by atoms with Gasteiger partial charge in [0, 0.05) is 42.0 Å². The standard InChI is InChI=1S/C38H48N6O7S/c1-43(26-10-12-27(13-11-26)51-37(48)38(49,25-6-2-3-7-25)33-8-4-19-52-33)17-5-18-44-30-15-9-24(20-29(30)41-42-44)21-39-22-32(46)28-14-16-31(45)35-36(28)50-23-34(47)40-35/h4,8-9,14-16,19-20,25-27,32,39,45-46,49H,2-3,5-7,10-13,17-18,21-23H2,1H3,(H,40,47)/t26?,27?,32-,38?/m0/s1. The highest BCUT2D eigenvalue weighted by atomic mass is 32.1. The summed E-state index contributed by atoms with van der Waals surface area (Å²) in [6.07, 6.45) is 7.08. The molecule has 5 N–H and O–H groups in total. The lowest BCUT2D eigenvalue weighted by Crippen LogP contribution is -2.45. The quantitative estimate of drug-likeness (QED) is 0.0907. The second-order valence-corrected chi connectivity index (χ2v) is 15.3. The smallest absolute Gasteiger partial charge is 0.344 e. The van der Waals surface area contributed by atoms with Crippen LogP contribution in [0.3, 0.4) is 0 Å². The predicted octanol–water partition coefficient (Wildman–Crippen LogP) is 4.61. The van der Waals surface area contributed by atoms with E-state index in [0.717, 1.165) is 87.5 Å². The van der Waals surface area contributed by atoms with Crippen molar-refractivity contribution in [2.24, 2.45) is 5.92 Å². The summed E-state index contributed by atoms with van der Waals surface area (Å²) in [4.78, 5) is 28.2. The van der Waals surface area contributed by atoms with E-state index in [2.05, 4.69) is 32.9 Å². The number of carbonyl (C=O) groups is 2. The third-order valence-electron chi connectivity index (χ3n) is 11.0. The summed E-state index contributed by atoms with van der Waals surface area (Å²) in [6, 6.07) is 13.2. The van der Waals surface area contributed by atoms with Crippen LogP contribution in [0, 0.1) is 5.92 Å². The first-order chi connectivity index (χ1) is 25.2. The minimum Gasteiger partial charge on any atom is -0.506 e. The minimum absolute atomic E-state index is 0.0819. The highest BCUT2D eigenvalue weighted by Gasteiger charge is 2.49. The molecule has 0 radical (unpaired) electrons. The molecule has 2 aliphatic carbocycles. The van der Waals surface area contributed by atoms with E-state index >= 15 is 0 Å².